The van der Waals surface area contributed by atoms with Crippen molar-refractivity contribution in [3.8, 4) is 5.75 Å². The van der Waals surface area contributed by atoms with Gasteiger partial charge in [-0.05, 0) is 29.5 Å². The summed E-state index contributed by atoms with van der Waals surface area (Å²) >= 11 is 0. The van der Waals surface area contributed by atoms with Gasteiger partial charge >= 0.3 is 0 Å². The van der Waals surface area contributed by atoms with Crippen LogP contribution in [0.4, 0.5) is 0 Å². The molecule has 0 radical (unpaired) electrons. The lowest BCUT2D eigenvalue weighted by Gasteiger charge is -2.21. The van der Waals surface area contributed by atoms with E-state index in [0.717, 1.165) is 12.0 Å². The standard InChI is InChI=1S/C14H22N2O3S/c1-14(2)6-7-16(10-14)20(17,18)13-8-11(9-15)4-5-12(13)19-3/h4-5,8H,6-7,9-10,15H2,1-3H3. The summed E-state index contributed by atoms with van der Waals surface area (Å²) in [7, 11) is -2.06. The number of ether oxygens (including phenoxy) is 1. The third kappa shape index (κ3) is 2.82. The predicted molar refractivity (Wildman–Crippen MR) is 78.0 cm³/mol. The first-order valence-corrected chi connectivity index (χ1v) is 8.11. The van der Waals surface area contributed by atoms with Crippen LogP contribution in [0, 0.1) is 5.41 Å². The van der Waals surface area contributed by atoms with Gasteiger partial charge in [0.2, 0.25) is 10.0 Å². The van der Waals surface area contributed by atoms with Crippen LogP contribution in [0.25, 0.3) is 0 Å². The minimum atomic E-state index is -3.53. The molecular weight excluding hydrogens is 276 g/mol. The molecule has 0 atom stereocenters. The fraction of sp³-hybridized carbons (Fsp3) is 0.571. The van der Waals surface area contributed by atoms with Gasteiger partial charge in [-0.3, -0.25) is 0 Å². The molecule has 0 aromatic heterocycles. The van der Waals surface area contributed by atoms with Gasteiger partial charge in [-0.25, -0.2) is 8.42 Å². The second-order valence-corrected chi connectivity index (χ2v) is 7.85. The van der Waals surface area contributed by atoms with Gasteiger partial charge in [0, 0.05) is 19.6 Å². The maximum Gasteiger partial charge on any atom is 0.246 e. The Morgan fingerprint density at radius 2 is 2.10 bits per heavy atom. The summed E-state index contributed by atoms with van der Waals surface area (Å²) < 4.78 is 32.3. The number of sulfonamides is 1. The van der Waals surface area contributed by atoms with Gasteiger partial charge in [0.15, 0.2) is 0 Å². The molecule has 20 heavy (non-hydrogen) atoms. The molecule has 1 aromatic rings. The summed E-state index contributed by atoms with van der Waals surface area (Å²) in [5.41, 5.74) is 6.40. The Kier molecular flexibility index (Phi) is 4.09. The molecule has 0 unspecified atom stereocenters. The second kappa shape index (κ2) is 5.35. The van der Waals surface area contributed by atoms with Crippen molar-refractivity contribution in [1.29, 1.82) is 0 Å². The molecule has 2 N–H and O–H groups in total. The van der Waals surface area contributed by atoms with Crippen molar-refractivity contribution in [3.05, 3.63) is 23.8 Å². The summed E-state index contributed by atoms with van der Waals surface area (Å²) in [6.45, 7) is 5.54. The maximum atomic E-state index is 12.8. The third-order valence-corrected chi connectivity index (χ3v) is 5.59. The highest BCUT2D eigenvalue weighted by Crippen LogP contribution is 2.35. The van der Waals surface area contributed by atoms with Crippen molar-refractivity contribution in [2.45, 2.75) is 31.7 Å². The van der Waals surface area contributed by atoms with Crippen molar-refractivity contribution in [2.75, 3.05) is 20.2 Å². The SMILES string of the molecule is COc1ccc(CN)cc1S(=O)(=O)N1CCC(C)(C)C1. The number of methoxy groups -OCH3 is 1. The Hall–Kier alpha value is -1.11. The average molecular weight is 298 g/mol. The lowest BCUT2D eigenvalue weighted by Crippen LogP contribution is -2.30. The van der Waals surface area contributed by atoms with Gasteiger partial charge in [-0.15, -0.1) is 0 Å². The normalized spacial score (nSPS) is 19.2. The summed E-state index contributed by atoms with van der Waals surface area (Å²) in [5.74, 6) is 0.368. The average Bonchev–Trinajstić information content (AvgIpc) is 2.79. The van der Waals surface area contributed by atoms with Crippen LogP contribution in [0.2, 0.25) is 0 Å². The zero-order valence-corrected chi connectivity index (χ0v) is 13.0. The largest absolute Gasteiger partial charge is 0.495 e. The number of hydrogen-bond donors (Lipinski definition) is 1. The van der Waals surface area contributed by atoms with Gasteiger partial charge in [0.05, 0.1) is 7.11 Å². The van der Waals surface area contributed by atoms with E-state index in [2.05, 4.69) is 13.8 Å². The number of hydrogen-bond acceptors (Lipinski definition) is 4. The van der Waals surface area contributed by atoms with Crippen LogP contribution in [0.1, 0.15) is 25.8 Å². The smallest absolute Gasteiger partial charge is 0.246 e. The van der Waals surface area contributed by atoms with Gasteiger partial charge in [0.1, 0.15) is 10.6 Å². The second-order valence-electron chi connectivity index (χ2n) is 5.94. The molecule has 6 heteroatoms. The number of benzene rings is 1. The van der Waals surface area contributed by atoms with Crippen molar-refractivity contribution in [3.63, 3.8) is 0 Å². The lowest BCUT2D eigenvalue weighted by atomic mass is 9.93. The number of nitrogens with zero attached hydrogens (tertiary/aromatic N) is 1. The van der Waals surface area contributed by atoms with Crippen molar-refractivity contribution >= 4 is 10.0 Å². The fourth-order valence-corrected chi connectivity index (χ4v) is 4.29. The summed E-state index contributed by atoms with van der Waals surface area (Å²) in [4.78, 5) is 0.209. The molecule has 1 saturated heterocycles. The molecule has 1 fully saturated rings. The highest BCUT2D eigenvalue weighted by Gasteiger charge is 2.38. The zero-order chi connectivity index (χ0) is 15.0. The molecule has 5 nitrogen and oxygen atoms in total. The van der Waals surface area contributed by atoms with E-state index in [4.69, 9.17) is 10.5 Å². The molecule has 1 aromatic carbocycles. The van der Waals surface area contributed by atoms with Gasteiger partial charge in [-0.1, -0.05) is 19.9 Å². The Balaban J connectivity index is 2.44. The van der Waals surface area contributed by atoms with E-state index in [0.29, 0.717) is 25.4 Å². The molecule has 0 bridgehead atoms. The molecular formula is C14H22N2O3S. The Bertz CT molecular complexity index is 596. The first kappa shape index (κ1) is 15.3. The Morgan fingerprint density at radius 1 is 1.40 bits per heavy atom. The molecule has 0 spiro atoms. The van der Waals surface area contributed by atoms with Crippen molar-refractivity contribution < 1.29 is 13.2 Å². The zero-order valence-electron chi connectivity index (χ0n) is 12.2. The van der Waals surface area contributed by atoms with Gasteiger partial charge in [0.25, 0.3) is 0 Å². The van der Waals surface area contributed by atoms with Crippen LogP contribution >= 0.6 is 0 Å². The van der Waals surface area contributed by atoms with E-state index >= 15 is 0 Å². The van der Waals surface area contributed by atoms with Crippen molar-refractivity contribution in [2.24, 2.45) is 11.1 Å². The number of rotatable bonds is 4. The molecule has 0 amide bonds. The van der Waals surface area contributed by atoms with E-state index in [1.165, 1.54) is 11.4 Å². The first-order valence-electron chi connectivity index (χ1n) is 6.67. The number of nitrogens with two attached hydrogens (primary N) is 1. The summed E-state index contributed by atoms with van der Waals surface area (Å²) in [6, 6.07) is 5.06. The Morgan fingerprint density at radius 3 is 2.60 bits per heavy atom. The molecule has 1 aliphatic heterocycles. The fourth-order valence-electron chi connectivity index (χ4n) is 2.46. The highest BCUT2D eigenvalue weighted by molar-refractivity contribution is 7.89. The van der Waals surface area contributed by atoms with Gasteiger partial charge in [-0.2, -0.15) is 4.31 Å². The molecule has 112 valence electrons. The molecule has 0 aliphatic carbocycles. The van der Waals surface area contributed by atoms with Crippen LogP contribution in [0.3, 0.4) is 0 Å². The van der Waals surface area contributed by atoms with E-state index in [-0.39, 0.29) is 10.3 Å². The molecule has 0 saturated carbocycles. The summed E-state index contributed by atoms with van der Waals surface area (Å²) in [6.07, 6.45) is 0.866. The third-order valence-electron chi connectivity index (χ3n) is 3.72. The van der Waals surface area contributed by atoms with E-state index in [1.54, 1.807) is 18.2 Å². The highest BCUT2D eigenvalue weighted by atomic mass is 32.2. The maximum absolute atomic E-state index is 12.8. The van der Waals surface area contributed by atoms with Crippen LogP contribution in [0.5, 0.6) is 5.75 Å². The first-order chi connectivity index (χ1) is 9.30. The minimum absolute atomic E-state index is 0.0196. The van der Waals surface area contributed by atoms with Gasteiger partial charge < -0.3 is 10.5 Å². The molecule has 2 rings (SSSR count). The topological polar surface area (TPSA) is 72.6 Å². The molecule has 1 heterocycles. The minimum Gasteiger partial charge on any atom is -0.495 e. The lowest BCUT2D eigenvalue weighted by molar-refractivity contribution is 0.371. The van der Waals surface area contributed by atoms with Crippen LogP contribution in [-0.4, -0.2) is 32.9 Å². The monoisotopic (exact) mass is 298 g/mol. The van der Waals surface area contributed by atoms with Crippen LogP contribution in [-0.2, 0) is 16.6 Å². The Labute approximate surface area is 120 Å². The predicted octanol–water partition coefficient (Wildman–Crippen LogP) is 1.57. The summed E-state index contributed by atoms with van der Waals surface area (Å²) in [5, 5.41) is 0. The van der Waals surface area contributed by atoms with Crippen molar-refractivity contribution in [1.82, 2.24) is 4.31 Å². The van der Waals surface area contributed by atoms with Crippen LogP contribution in [0.15, 0.2) is 23.1 Å². The van der Waals surface area contributed by atoms with Crippen LogP contribution < -0.4 is 10.5 Å². The molecule has 1 aliphatic rings. The van der Waals surface area contributed by atoms with E-state index in [1.807, 2.05) is 0 Å². The quantitative estimate of drug-likeness (QED) is 0.916. The van der Waals surface area contributed by atoms with E-state index in [9.17, 15) is 8.42 Å². The van der Waals surface area contributed by atoms with E-state index < -0.39 is 10.0 Å².